The van der Waals surface area contributed by atoms with Crippen molar-refractivity contribution < 1.29 is 10.0 Å². The molecule has 84 valence electrons. The second-order valence-electron chi connectivity index (χ2n) is 3.82. The highest BCUT2D eigenvalue weighted by molar-refractivity contribution is 5.82. The molecule has 0 aliphatic heterocycles. The molecule has 0 aliphatic rings. The van der Waals surface area contributed by atoms with Crippen molar-refractivity contribution in [3.05, 3.63) is 40.6 Å². The second-order valence-corrected chi connectivity index (χ2v) is 3.82. The second kappa shape index (κ2) is 3.94. The van der Waals surface area contributed by atoms with Gasteiger partial charge in [-0.05, 0) is 19.1 Å². The third kappa shape index (κ3) is 1.90. The lowest BCUT2D eigenvalue weighted by atomic mass is 10.2. The van der Waals surface area contributed by atoms with Crippen LogP contribution in [0.1, 0.15) is 6.92 Å². The molecular formula is C11H12N2O3. The largest absolute Gasteiger partial charge is 0.392 e. The van der Waals surface area contributed by atoms with Crippen molar-refractivity contribution >= 4 is 16.6 Å². The van der Waals surface area contributed by atoms with Crippen LogP contribution in [-0.2, 0) is 6.54 Å². The molecule has 0 amide bonds. The Hall–Kier alpha value is -1.88. The van der Waals surface area contributed by atoms with E-state index in [1.54, 1.807) is 13.0 Å². The Morgan fingerprint density at radius 3 is 2.88 bits per heavy atom. The number of hydrogen-bond acceptors (Lipinski definition) is 3. The minimum Gasteiger partial charge on any atom is -0.392 e. The van der Waals surface area contributed by atoms with Gasteiger partial charge in [0.1, 0.15) is 0 Å². The topological polar surface area (TPSA) is 68.3 Å². The van der Waals surface area contributed by atoms with Gasteiger partial charge >= 0.3 is 0 Å². The molecule has 0 bridgehead atoms. The van der Waals surface area contributed by atoms with Gasteiger partial charge in [0.25, 0.3) is 5.69 Å². The highest BCUT2D eigenvalue weighted by Crippen LogP contribution is 2.22. The van der Waals surface area contributed by atoms with Crippen LogP contribution in [0.15, 0.2) is 30.5 Å². The first-order valence-electron chi connectivity index (χ1n) is 4.99. The van der Waals surface area contributed by atoms with Gasteiger partial charge in [-0.1, -0.05) is 0 Å². The number of aliphatic hydroxyl groups excluding tert-OH is 1. The number of non-ortho nitro benzene ring substituents is 1. The molecular weight excluding hydrogens is 208 g/mol. The summed E-state index contributed by atoms with van der Waals surface area (Å²) in [7, 11) is 0. The minimum atomic E-state index is -0.477. The van der Waals surface area contributed by atoms with Gasteiger partial charge in [-0.25, -0.2) is 0 Å². The van der Waals surface area contributed by atoms with Crippen LogP contribution in [0.4, 0.5) is 5.69 Å². The Morgan fingerprint density at radius 2 is 2.25 bits per heavy atom. The average Bonchev–Trinajstić information content (AvgIpc) is 2.60. The van der Waals surface area contributed by atoms with E-state index in [0.29, 0.717) is 6.54 Å². The SMILES string of the molecule is CC(O)Cn1ccc2ccc([N+](=O)[O-])cc21. The summed E-state index contributed by atoms with van der Waals surface area (Å²) in [5.41, 5.74) is 0.841. The Morgan fingerprint density at radius 1 is 1.50 bits per heavy atom. The molecule has 1 unspecified atom stereocenters. The quantitative estimate of drug-likeness (QED) is 0.634. The Labute approximate surface area is 92.1 Å². The van der Waals surface area contributed by atoms with Crippen molar-refractivity contribution in [1.29, 1.82) is 0 Å². The minimum absolute atomic E-state index is 0.0676. The van der Waals surface area contributed by atoms with Crippen molar-refractivity contribution in [3.8, 4) is 0 Å². The molecule has 5 nitrogen and oxygen atoms in total. The number of rotatable bonds is 3. The van der Waals surface area contributed by atoms with E-state index in [1.165, 1.54) is 12.1 Å². The predicted molar refractivity (Wildman–Crippen MR) is 60.3 cm³/mol. The summed E-state index contributed by atoms with van der Waals surface area (Å²) in [5, 5.41) is 20.9. The van der Waals surface area contributed by atoms with Crippen LogP contribution in [0, 0.1) is 10.1 Å². The Kier molecular flexibility index (Phi) is 2.62. The van der Waals surface area contributed by atoms with Crippen LogP contribution >= 0.6 is 0 Å². The van der Waals surface area contributed by atoms with E-state index in [9.17, 15) is 15.2 Å². The molecule has 2 rings (SSSR count). The summed E-state index contributed by atoms with van der Waals surface area (Å²) >= 11 is 0. The van der Waals surface area contributed by atoms with Gasteiger partial charge in [0.05, 0.1) is 16.5 Å². The van der Waals surface area contributed by atoms with Gasteiger partial charge in [-0.15, -0.1) is 0 Å². The molecule has 1 aromatic heterocycles. The van der Waals surface area contributed by atoms with Gasteiger partial charge in [-0.2, -0.15) is 0 Å². The lowest BCUT2D eigenvalue weighted by molar-refractivity contribution is -0.384. The van der Waals surface area contributed by atoms with Gasteiger partial charge in [-0.3, -0.25) is 10.1 Å². The molecule has 0 radical (unpaired) electrons. The van der Waals surface area contributed by atoms with E-state index in [0.717, 1.165) is 10.9 Å². The Bertz CT molecular complexity index is 531. The van der Waals surface area contributed by atoms with E-state index in [4.69, 9.17) is 0 Å². The van der Waals surface area contributed by atoms with Crippen LogP contribution in [0.2, 0.25) is 0 Å². The number of aliphatic hydroxyl groups is 1. The number of aromatic nitrogens is 1. The molecule has 0 aliphatic carbocycles. The lowest BCUT2D eigenvalue weighted by Gasteiger charge is -2.07. The van der Waals surface area contributed by atoms with Crippen LogP contribution in [0.3, 0.4) is 0 Å². The first kappa shape index (κ1) is 10.6. The zero-order valence-electron chi connectivity index (χ0n) is 8.83. The molecule has 0 fully saturated rings. The molecule has 1 N–H and O–H groups in total. The van der Waals surface area contributed by atoms with E-state index in [-0.39, 0.29) is 5.69 Å². The molecule has 16 heavy (non-hydrogen) atoms. The normalized spacial score (nSPS) is 12.9. The molecule has 0 saturated heterocycles. The fourth-order valence-corrected chi connectivity index (χ4v) is 1.73. The summed E-state index contributed by atoms with van der Waals surface area (Å²) in [6.45, 7) is 2.12. The van der Waals surface area contributed by atoms with Gasteiger partial charge in [0.2, 0.25) is 0 Å². The van der Waals surface area contributed by atoms with E-state index in [2.05, 4.69) is 0 Å². The molecule has 1 aromatic carbocycles. The van der Waals surface area contributed by atoms with E-state index in [1.807, 2.05) is 16.8 Å². The van der Waals surface area contributed by atoms with Crippen LogP contribution in [0.25, 0.3) is 10.9 Å². The number of fused-ring (bicyclic) bond motifs is 1. The van der Waals surface area contributed by atoms with Crippen molar-refractivity contribution in [3.63, 3.8) is 0 Å². The number of benzene rings is 1. The fourth-order valence-electron chi connectivity index (χ4n) is 1.73. The maximum absolute atomic E-state index is 10.6. The maximum Gasteiger partial charge on any atom is 0.271 e. The predicted octanol–water partition coefficient (Wildman–Crippen LogP) is 1.93. The summed E-state index contributed by atoms with van der Waals surface area (Å²) in [6, 6.07) is 6.60. The molecule has 0 saturated carbocycles. The van der Waals surface area contributed by atoms with Crippen molar-refractivity contribution in [1.82, 2.24) is 4.57 Å². The summed E-state index contributed by atoms with van der Waals surface area (Å²) in [6.07, 6.45) is 1.34. The van der Waals surface area contributed by atoms with Gasteiger partial charge in [0.15, 0.2) is 0 Å². The molecule has 5 heteroatoms. The fraction of sp³-hybridized carbons (Fsp3) is 0.273. The summed E-state index contributed by atoms with van der Waals surface area (Å²) < 4.78 is 1.81. The molecule has 0 spiro atoms. The standard InChI is InChI=1S/C11H12N2O3/c1-8(14)7-12-5-4-9-2-3-10(13(15)16)6-11(9)12/h2-6,8,14H,7H2,1H3. The summed E-state index contributed by atoms with van der Waals surface area (Å²) in [5.74, 6) is 0. The monoisotopic (exact) mass is 220 g/mol. The smallest absolute Gasteiger partial charge is 0.271 e. The lowest BCUT2D eigenvalue weighted by Crippen LogP contribution is -2.10. The van der Waals surface area contributed by atoms with Crippen molar-refractivity contribution in [2.75, 3.05) is 0 Å². The zero-order valence-corrected chi connectivity index (χ0v) is 8.83. The van der Waals surface area contributed by atoms with Gasteiger partial charge < -0.3 is 9.67 Å². The summed E-state index contributed by atoms with van der Waals surface area (Å²) in [4.78, 5) is 10.2. The van der Waals surface area contributed by atoms with Gasteiger partial charge in [0, 0.05) is 30.3 Å². The van der Waals surface area contributed by atoms with Crippen molar-refractivity contribution in [2.45, 2.75) is 19.6 Å². The highest BCUT2D eigenvalue weighted by Gasteiger charge is 2.09. The Balaban J connectivity index is 2.51. The van der Waals surface area contributed by atoms with E-state index >= 15 is 0 Å². The number of nitrogens with zero attached hydrogens (tertiary/aromatic N) is 2. The first-order valence-corrected chi connectivity index (χ1v) is 4.99. The molecule has 1 heterocycles. The number of hydrogen-bond donors (Lipinski definition) is 1. The number of nitro benzene ring substituents is 1. The first-order chi connectivity index (χ1) is 7.58. The third-order valence-electron chi connectivity index (χ3n) is 2.43. The van der Waals surface area contributed by atoms with Crippen LogP contribution in [0.5, 0.6) is 0 Å². The molecule has 1 atom stereocenters. The highest BCUT2D eigenvalue weighted by atomic mass is 16.6. The number of nitro groups is 1. The zero-order chi connectivity index (χ0) is 11.7. The molecule has 2 aromatic rings. The van der Waals surface area contributed by atoms with Crippen molar-refractivity contribution in [2.24, 2.45) is 0 Å². The van der Waals surface area contributed by atoms with E-state index < -0.39 is 11.0 Å². The van der Waals surface area contributed by atoms with Crippen LogP contribution < -0.4 is 0 Å². The maximum atomic E-state index is 10.6. The third-order valence-corrected chi connectivity index (χ3v) is 2.43. The van der Waals surface area contributed by atoms with Crippen LogP contribution in [-0.4, -0.2) is 20.7 Å². The average molecular weight is 220 g/mol.